The molecule has 2 bridgehead atoms. The van der Waals surface area contributed by atoms with Gasteiger partial charge in [0, 0.05) is 49.9 Å². The van der Waals surface area contributed by atoms with Crippen molar-refractivity contribution in [2.45, 2.75) is 88.9 Å². The molecule has 5 unspecified atom stereocenters. The van der Waals surface area contributed by atoms with Gasteiger partial charge < -0.3 is 25.2 Å². The molecule has 0 saturated heterocycles. The van der Waals surface area contributed by atoms with Gasteiger partial charge in [0.15, 0.2) is 5.78 Å². The number of hydrogen-bond acceptors (Lipinski definition) is 7. The molecule has 0 radical (unpaired) electrons. The third-order valence-electron chi connectivity index (χ3n) is 9.94. The van der Waals surface area contributed by atoms with Gasteiger partial charge in [0.1, 0.15) is 0 Å². The first-order valence-electron chi connectivity index (χ1n) is 15.9. The lowest BCUT2D eigenvalue weighted by Crippen LogP contribution is -2.54. The maximum absolute atomic E-state index is 14.0. The van der Waals surface area contributed by atoms with E-state index >= 15 is 0 Å². The Hall–Kier alpha value is -2.39. The van der Waals surface area contributed by atoms with E-state index in [1.54, 1.807) is 7.11 Å². The number of nitrogens with zero attached hydrogens (tertiary/aromatic N) is 1. The van der Waals surface area contributed by atoms with Crippen LogP contribution in [-0.4, -0.2) is 88.9 Å². The lowest BCUT2D eigenvalue weighted by molar-refractivity contribution is -0.0898. The molecule has 7 heteroatoms. The van der Waals surface area contributed by atoms with Crippen molar-refractivity contribution in [1.82, 2.24) is 4.90 Å². The Morgan fingerprint density at radius 3 is 2.63 bits per heavy atom. The van der Waals surface area contributed by atoms with E-state index in [4.69, 9.17) is 4.74 Å². The monoisotopic (exact) mass is 593 g/mol. The van der Waals surface area contributed by atoms with Crippen molar-refractivity contribution in [1.29, 1.82) is 0 Å². The molecular weight excluding hydrogens is 542 g/mol. The Labute approximate surface area is 257 Å². The van der Waals surface area contributed by atoms with Crippen LogP contribution in [0.1, 0.15) is 91.8 Å². The molecule has 236 valence electrons. The van der Waals surface area contributed by atoms with Crippen LogP contribution in [0.15, 0.2) is 60.2 Å². The van der Waals surface area contributed by atoms with E-state index < -0.39 is 23.2 Å². The number of carbonyl (C=O) groups is 1. The average Bonchev–Trinajstić information content (AvgIpc) is 3.25. The van der Waals surface area contributed by atoms with Gasteiger partial charge in [0.25, 0.3) is 0 Å². The van der Waals surface area contributed by atoms with E-state index in [1.807, 2.05) is 42.5 Å². The fourth-order valence-corrected chi connectivity index (χ4v) is 7.33. The molecule has 4 N–H and O–H groups in total. The zero-order valence-corrected chi connectivity index (χ0v) is 26.2. The normalized spacial score (nSPS) is 27.0. The minimum atomic E-state index is -1.08. The second-order valence-electron chi connectivity index (χ2n) is 13.1. The Balaban J connectivity index is 1.78. The van der Waals surface area contributed by atoms with Gasteiger partial charge in [-0.2, -0.15) is 0 Å². The van der Waals surface area contributed by atoms with Crippen molar-refractivity contribution < 1.29 is 30.0 Å². The Kier molecular flexibility index (Phi) is 11.7. The zero-order chi connectivity index (χ0) is 31.0. The van der Waals surface area contributed by atoms with Crippen LogP contribution in [0, 0.1) is 5.41 Å². The van der Waals surface area contributed by atoms with Gasteiger partial charge in [-0.1, -0.05) is 61.0 Å². The predicted octanol–water partition coefficient (Wildman–Crippen LogP) is 4.65. The predicted molar refractivity (Wildman–Crippen MR) is 169 cm³/mol. The van der Waals surface area contributed by atoms with Crippen molar-refractivity contribution >= 4 is 5.78 Å². The lowest BCUT2D eigenvalue weighted by atomic mass is 9.64. The topological polar surface area (TPSA) is 110 Å². The van der Waals surface area contributed by atoms with Crippen LogP contribution in [0.4, 0.5) is 0 Å². The van der Waals surface area contributed by atoms with Gasteiger partial charge in [-0.25, -0.2) is 0 Å². The maximum Gasteiger partial charge on any atom is 0.193 e. The molecule has 2 aromatic rings. The van der Waals surface area contributed by atoms with Crippen molar-refractivity contribution in [2.24, 2.45) is 5.41 Å². The van der Waals surface area contributed by atoms with Gasteiger partial charge in [0.2, 0.25) is 0 Å². The van der Waals surface area contributed by atoms with Gasteiger partial charge in [-0.05, 0) is 81.4 Å². The van der Waals surface area contributed by atoms with E-state index in [0.717, 1.165) is 43.2 Å². The van der Waals surface area contributed by atoms with E-state index in [1.165, 1.54) is 5.57 Å². The van der Waals surface area contributed by atoms with Crippen LogP contribution in [0.2, 0.25) is 0 Å². The molecule has 5 atom stereocenters. The SMILES string of the molecule is COCCCN(CC(O)CO)CC1(O)CCC2c3ccc(cc3C(=O)c3ccccc3)CC(O)CCC(C)=CCCC21C. The molecule has 7 nitrogen and oxygen atoms in total. The minimum absolute atomic E-state index is 0.0418. The number of allylic oxidation sites excluding steroid dienone is 2. The summed E-state index contributed by atoms with van der Waals surface area (Å²) in [5, 5.41) is 43.4. The van der Waals surface area contributed by atoms with Gasteiger partial charge in [-0.3, -0.25) is 9.69 Å². The highest BCUT2D eigenvalue weighted by molar-refractivity contribution is 6.10. The first-order chi connectivity index (χ1) is 20.6. The fourth-order valence-electron chi connectivity index (χ4n) is 7.33. The van der Waals surface area contributed by atoms with Crippen molar-refractivity contribution in [3.8, 4) is 0 Å². The number of fused-ring (bicyclic) bond motifs is 8. The molecule has 3 aliphatic rings. The summed E-state index contributed by atoms with van der Waals surface area (Å²) in [4.78, 5) is 16.1. The Bertz CT molecular complexity index is 1230. The molecular formula is C36H51NO6. The van der Waals surface area contributed by atoms with Crippen LogP contribution >= 0.6 is 0 Å². The summed E-state index contributed by atoms with van der Waals surface area (Å²) >= 11 is 0. The van der Waals surface area contributed by atoms with Crippen molar-refractivity contribution in [3.63, 3.8) is 0 Å². The van der Waals surface area contributed by atoms with E-state index in [2.05, 4.69) is 30.9 Å². The number of ketones is 1. The molecule has 2 aromatic carbocycles. The summed E-state index contributed by atoms with van der Waals surface area (Å²) in [6, 6.07) is 15.4. The molecule has 0 aromatic heterocycles. The maximum atomic E-state index is 14.0. The standard InChI is InChI=1S/C36H51NO6/c1-26-9-7-17-35(2)33(16-18-36(35,42)25-37(19-8-20-43-3)23-30(40)24-38)31-15-13-27(21-29(39)14-12-26)22-32(31)34(41)28-10-5-4-6-11-28/h4-6,9-11,13,15,22,29-30,33,38-40,42H,7-8,12,14,16-21,23-25H2,1-3H3. The summed E-state index contributed by atoms with van der Waals surface area (Å²) in [6.07, 6.45) is 6.32. The molecule has 0 spiro atoms. The fraction of sp³-hybridized carbons (Fsp3) is 0.583. The van der Waals surface area contributed by atoms with Gasteiger partial charge in [0.05, 0.1) is 24.4 Å². The summed E-state index contributed by atoms with van der Waals surface area (Å²) in [5.74, 6) is -0.112. The summed E-state index contributed by atoms with van der Waals surface area (Å²) in [7, 11) is 1.66. The lowest BCUT2D eigenvalue weighted by Gasteiger charge is -2.46. The second kappa shape index (κ2) is 15.1. The largest absolute Gasteiger partial charge is 0.394 e. The quantitative estimate of drug-likeness (QED) is 0.171. The Morgan fingerprint density at radius 2 is 1.91 bits per heavy atom. The summed E-state index contributed by atoms with van der Waals surface area (Å²) in [6.45, 7) is 5.76. The van der Waals surface area contributed by atoms with Crippen molar-refractivity contribution in [3.05, 3.63) is 82.4 Å². The van der Waals surface area contributed by atoms with Crippen LogP contribution < -0.4 is 0 Å². The highest BCUT2D eigenvalue weighted by atomic mass is 16.5. The smallest absolute Gasteiger partial charge is 0.193 e. The molecule has 3 aliphatic carbocycles. The molecule has 0 heterocycles. The minimum Gasteiger partial charge on any atom is -0.394 e. The highest BCUT2D eigenvalue weighted by Gasteiger charge is 2.57. The summed E-state index contributed by atoms with van der Waals surface area (Å²) in [5.41, 5.74) is 2.74. The number of aliphatic hydroxyl groups excluding tert-OH is 3. The molecule has 0 aliphatic heterocycles. The van der Waals surface area contributed by atoms with E-state index in [-0.39, 0.29) is 24.9 Å². The molecule has 43 heavy (non-hydrogen) atoms. The van der Waals surface area contributed by atoms with Crippen LogP contribution in [0.25, 0.3) is 0 Å². The van der Waals surface area contributed by atoms with Crippen molar-refractivity contribution in [2.75, 3.05) is 40.0 Å². The zero-order valence-electron chi connectivity index (χ0n) is 26.2. The number of ether oxygens (including phenoxy) is 1. The number of hydrogen-bond donors (Lipinski definition) is 4. The molecule has 0 amide bonds. The van der Waals surface area contributed by atoms with Gasteiger partial charge in [-0.15, -0.1) is 0 Å². The highest BCUT2D eigenvalue weighted by Crippen LogP contribution is 2.58. The second-order valence-corrected chi connectivity index (χ2v) is 13.1. The molecule has 1 fully saturated rings. The van der Waals surface area contributed by atoms with E-state index in [0.29, 0.717) is 50.1 Å². The van der Waals surface area contributed by atoms with Gasteiger partial charge >= 0.3 is 0 Å². The first-order valence-corrected chi connectivity index (χ1v) is 15.9. The average molecular weight is 594 g/mol. The van der Waals surface area contributed by atoms with Crippen LogP contribution in [0.3, 0.4) is 0 Å². The number of aliphatic hydroxyl groups is 4. The third kappa shape index (κ3) is 8.01. The number of carbonyl (C=O) groups excluding carboxylic acids is 1. The number of methoxy groups -OCH3 is 1. The Morgan fingerprint density at radius 1 is 1.14 bits per heavy atom. The molecule has 5 rings (SSSR count). The van der Waals surface area contributed by atoms with E-state index in [9.17, 15) is 25.2 Å². The first kappa shape index (κ1) is 33.5. The summed E-state index contributed by atoms with van der Waals surface area (Å²) < 4.78 is 5.27. The van der Waals surface area contributed by atoms with Crippen LogP contribution in [0.5, 0.6) is 0 Å². The van der Waals surface area contributed by atoms with Crippen LogP contribution in [-0.2, 0) is 11.2 Å². The number of rotatable bonds is 11. The number of benzene rings is 2. The third-order valence-corrected chi connectivity index (χ3v) is 9.94. The molecule has 1 saturated carbocycles.